The van der Waals surface area contributed by atoms with E-state index in [1.54, 1.807) is 16.2 Å². The second kappa shape index (κ2) is 8.65. The van der Waals surface area contributed by atoms with Gasteiger partial charge in [-0.25, -0.2) is 0 Å². The standard InChI is InChI=1S/C18H26N4S2/c1-14(16-4-9-23-13-16)11-21-18(19-2)20-6-8-22-7-3-17-15(12-22)5-10-24-17/h4-5,9-10,13-14H,3,6-8,11-12H2,1-2H3,(H2,19,20,21). The smallest absolute Gasteiger partial charge is 0.191 e. The molecule has 1 atom stereocenters. The molecule has 0 saturated heterocycles. The third-order valence-electron chi connectivity index (χ3n) is 4.52. The summed E-state index contributed by atoms with van der Waals surface area (Å²) in [7, 11) is 1.84. The summed E-state index contributed by atoms with van der Waals surface area (Å²) in [6.45, 7) is 7.37. The number of nitrogens with zero attached hydrogens (tertiary/aromatic N) is 2. The Bertz CT molecular complexity index is 648. The summed E-state index contributed by atoms with van der Waals surface area (Å²) in [5.74, 6) is 1.39. The topological polar surface area (TPSA) is 39.7 Å². The number of rotatable bonds is 6. The van der Waals surface area contributed by atoms with Gasteiger partial charge in [0.25, 0.3) is 0 Å². The predicted molar refractivity (Wildman–Crippen MR) is 105 cm³/mol. The zero-order chi connectivity index (χ0) is 16.8. The number of guanidine groups is 1. The maximum absolute atomic E-state index is 4.33. The van der Waals surface area contributed by atoms with E-state index in [4.69, 9.17) is 0 Å². The second-order valence-corrected chi connectivity index (χ2v) is 8.01. The molecule has 0 bridgehead atoms. The van der Waals surface area contributed by atoms with E-state index in [1.165, 1.54) is 17.5 Å². The minimum Gasteiger partial charge on any atom is -0.356 e. The molecule has 0 radical (unpaired) electrons. The molecular formula is C18H26N4S2. The van der Waals surface area contributed by atoms with Crippen LogP contribution in [0.25, 0.3) is 0 Å². The van der Waals surface area contributed by atoms with E-state index in [0.29, 0.717) is 5.92 Å². The van der Waals surface area contributed by atoms with Gasteiger partial charge in [0.05, 0.1) is 0 Å². The molecule has 0 aliphatic carbocycles. The van der Waals surface area contributed by atoms with Crippen LogP contribution in [0.15, 0.2) is 33.3 Å². The van der Waals surface area contributed by atoms with Crippen molar-refractivity contribution in [1.29, 1.82) is 0 Å². The third-order valence-corrected chi connectivity index (χ3v) is 6.24. The van der Waals surface area contributed by atoms with Gasteiger partial charge in [-0.3, -0.25) is 9.89 Å². The lowest BCUT2D eigenvalue weighted by atomic mass is 10.1. The Morgan fingerprint density at radius 1 is 1.33 bits per heavy atom. The molecule has 0 saturated carbocycles. The van der Waals surface area contributed by atoms with Crippen LogP contribution in [0.4, 0.5) is 0 Å². The van der Waals surface area contributed by atoms with Gasteiger partial charge in [0.1, 0.15) is 0 Å². The Balaban J connectivity index is 1.37. The van der Waals surface area contributed by atoms with Crippen molar-refractivity contribution in [3.8, 4) is 0 Å². The summed E-state index contributed by atoms with van der Waals surface area (Å²) in [6.07, 6.45) is 1.19. The molecule has 2 aromatic heterocycles. The molecule has 0 aromatic carbocycles. The zero-order valence-corrected chi connectivity index (χ0v) is 16.1. The molecule has 4 nitrogen and oxygen atoms in total. The fraction of sp³-hybridized carbons (Fsp3) is 0.500. The van der Waals surface area contributed by atoms with Gasteiger partial charge in [0.15, 0.2) is 5.96 Å². The summed E-state index contributed by atoms with van der Waals surface area (Å²) in [5.41, 5.74) is 2.90. The van der Waals surface area contributed by atoms with Gasteiger partial charge in [-0.1, -0.05) is 6.92 Å². The number of aliphatic imine (C=N–C) groups is 1. The summed E-state index contributed by atoms with van der Waals surface area (Å²) in [6, 6.07) is 4.47. The molecule has 1 aliphatic rings. The molecule has 1 unspecified atom stereocenters. The predicted octanol–water partition coefficient (Wildman–Crippen LogP) is 3.14. The molecule has 24 heavy (non-hydrogen) atoms. The average molecular weight is 363 g/mol. The van der Waals surface area contributed by atoms with Gasteiger partial charge in [0.2, 0.25) is 0 Å². The van der Waals surface area contributed by atoms with Gasteiger partial charge >= 0.3 is 0 Å². The van der Waals surface area contributed by atoms with Crippen LogP contribution in [0.3, 0.4) is 0 Å². The van der Waals surface area contributed by atoms with Gasteiger partial charge in [-0.15, -0.1) is 11.3 Å². The van der Waals surface area contributed by atoms with Crippen LogP contribution in [0, 0.1) is 0 Å². The fourth-order valence-corrected chi connectivity index (χ4v) is 4.65. The van der Waals surface area contributed by atoms with E-state index in [2.05, 4.69) is 55.7 Å². The molecular weight excluding hydrogens is 336 g/mol. The van der Waals surface area contributed by atoms with E-state index in [-0.39, 0.29) is 0 Å². The van der Waals surface area contributed by atoms with Crippen LogP contribution in [-0.4, -0.2) is 44.1 Å². The van der Waals surface area contributed by atoms with Crippen molar-refractivity contribution in [3.05, 3.63) is 44.3 Å². The number of hydrogen-bond donors (Lipinski definition) is 2. The van der Waals surface area contributed by atoms with Crippen molar-refractivity contribution >= 4 is 28.6 Å². The number of fused-ring (bicyclic) bond motifs is 1. The lowest BCUT2D eigenvalue weighted by Crippen LogP contribution is -2.43. The molecule has 0 amide bonds. The van der Waals surface area contributed by atoms with Gasteiger partial charge < -0.3 is 10.6 Å². The first kappa shape index (κ1) is 17.5. The quantitative estimate of drug-likeness (QED) is 0.613. The summed E-state index contributed by atoms with van der Waals surface area (Å²) in [4.78, 5) is 8.42. The first-order valence-electron chi connectivity index (χ1n) is 8.50. The third kappa shape index (κ3) is 4.59. The average Bonchev–Trinajstić information content (AvgIpc) is 3.28. The number of hydrogen-bond acceptors (Lipinski definition) is 4. The summed E-state index contributed by atoms with van der Waals surface area (Å²) < 4.78 is 0. The molecule has 130 valence electrons. The molecule has 6 heteroatoms. The van der Waals surface area contributed by atoms with Crippen LogP contribution >= 0.6 is 22.7 Å². The van der Waals surface area contributed by atoms with Crippen molar-refractivity contribution < 1.29 is 0 Å². The van der Waals surface area contributed by atoms with Gasteiger partial charge in [-0.05, 0) is 51.7 Å². The Labute approximate surface area is 152 Å². The first-order valence-corrected chi connectivity index (χ1v) is 10.3. The maximum atomic E-state index is 4.33. The lowest BCUT2D eigenvalue weighted by molar-refractivity contribution is 0.260. The monoisotopic (exact) mass is 362 g/mol. The van der Waals surface area contributed by atoms with Crippen LogP contribution < -0.4 is 10.6 Å². The van der Waals surface area contributed by atoms with Crippen molar-refractivity contribution in [2.45, 2.75) is 25.8 Å². The van der Waals surface area contributed by atoms with Crippen LogP contribution in [0.1, 0.15) is 28.8 Å². The van der Waals surface area contributed by atoms with Gasteiger partial charge in [0, 0.05) is 44.6 Å². The van der Waals surface area contributed by atoms with E-state index >= 15 is 0 Å². The summed E-state index contributed by atoms with van der Waals surface area (Å²) >= 11 is 3.65. The van der Waals surface area contributed by atoms with Crippen LogP contribution in [-0.2, 0) is 13.0 Å². The van der Waals surface area contributed by atoms with E-state index in [0.717, 1.165) is 38.7 Å². The second-order valence-electron chi connectivity index (χ2n) is 6.23. The zero-order valence-electron chi connectivity index (χ0n) is 14.4. The summed E-state index contributed by atoms with van der Waals surface area (Å²) in [5, 5.41) is 13.4. The lowest BCUT2D eigenvalue weighted by Gasteiger charge is -2.27. The highest BCUT2D eigenvalue weighted by Gasteiger charge is 2.16. The Morgan fingerprint density at radius 3 is 3.04 bits per heavy atom. The first-order chi connectivity index (χ1) is 11.8. The molecule has 0 fully saturated rings. The van der Waals surface area contributed by atoms with E-state index in [1.807, 2.05) is 18.4 Å². The number of thiophene rings is 2. The highest BCUT2D eigenvalue weighted by molar-refractivity contribution is 7.10. The molecule has 0 spiro atoms. The maximum Gasteiger partial charge on any atom is 0.191 e. The Kier molecular flexibility index (Phi) is 6.29. The largest absolute Gasteiger partial charge is 0.356 e. The van der Waals surface area contributed by atoms with Crippen molar-refractivity contribution in [1.82, 2.24) is 15.5 Å². The van der Waals surface area contributed by atoms with Crippen molar-refractivity contribution in [3.63, 3.8) is 0 Å². The minimum absolute atomic E-state index is 0.494. The Morgan fingerprint density at radius 2 is 2.25 bits per heavy atom. The molecule has 3 rings (SSSR count). The van der Waals surface area contributed by atoms with Crippen LogP contribution in [0.5, 0.6) is 0 Å². The fourth-order valence-electron chi connectivity index (χ4n) is 2.97. The molecule has 2 aromatic rings. The highest BCUT2D eigenvalue weighted by atomic mass is 32.1. The van der Waals surface area contributed by atoms with Crippen LogP contribution in [0.2, 0.25) is 0 Å². The van der Waals surface area contributed by atoms with Crippen molar-refractivity contribution in [2.75, 3.05) is 33.2 Å². The minimum atomic E-state index is 0.494. The molecule has 3 heterocycles. The number of nitrogens with one attached hydrogen (secondary N) is 2. The van der Waals surface area contributed by atoms with Crippen molar-refractivity contribution in [2.24, 2.45) is 4.99 Å². The van der Waals surface area contributed by atoms with Gasteiger partial charge in [-0.2, -0.15) is 11.3 Å². The normalized spacial score (nSPS) is 16.7. The SMILES string of the molecule is CN=C(NCCN1CCc2sccc2C1)NCC(C)c1ccsc1. The van der Waals surface area contributed by atoms with E-state index in [9.17, 15) is 0 Å². The highest BCUT2D eigenvalue weighted by Crippen LogP contribution is 2.23. The molecule has 1 aliphatic heterocycles. The van der Waals surface area contributed by atoms with E-state index < -0.39 is 0 Å². The Hall–Kier alpha value is -1.37. The molecule has 2 N–H and O–H groups in total.